The summed E-state index contributed by atoms with van der Waals surface area (Å²) in [6.45, 7) is 6.95. The van der Waals surface area contributed by atoms with Gasteiger partial charge in [0.25, 0.3) is 0 Å². The molecule has 32 heavy (non-hydrogen) atoms. The zero-order valence-corrected chi connectivity index (χ0v) is 20.5. The predicted molar refractivity (Wildman–Crippen MR) is 138 cm³/mol. The van der Waals surface area contributed by atoms with Crippen molar-refractivity contribution in [3.05, 3.63) is 102 Å². The molecule has 1 aliphatic heterocycles. The maximum atomic E-state index is 14.7. The van der Waals surface area contributed by atoms with Gasteiger partial charge in [0.1, 0.15) is 7.14 Å². The van der Waals surface area contributed by atoms with Crippen molar-refractivity contribution in [2.24, 2.45) is 5.41 Å². The Labute approximate surface area is 193 Å². The number of benzene rings is 3. The van der Waals surface area contributed by atoms with Crippen LogP contribution in [0.4, 0.5) is 5.69 Å². The van der Waals surface area contributed by atoms with E-state index in [9.17, 15) is 4.57 Å². The van der Waals surface area contributed by atoms with Crippen LogP contribution in [0.25, 0.3) is 0 Å². The van der Waals surface area contributed by atoms with Gasteiger partial charge in [-0.15, -0.1) is 0 Å². The van der Waals surface area contributed by atoms with Gasteiger partial charge in [0.15, 0.2) is 0 Å². The molecule has 168 valence electrons. The topological polar surface area (TPSA) is 29.1 Å². The summed E-state index contributed by atoms with van der Waals surface area (Å²) in [7, 11) is -2.50. The van der Waals surface area contributed by atoms with E-state index in [1.807, 2.05) is 12.1 Å². The molecule has 2 atom stereocenters. The number of rotatable bonds is 7. The molecular formula is C29H36NOP. The first-order valence-electron chi connectivity index (χ1n) is 11.9. The lowest BCUT2D eigenvalue weighted by Crippen LogP contribution is -2.35. The minimum Gasteiger partial charge on any atom is -0.375 e. The fourth-order valence-electron chi connectivity index (χ4n) is 5.00. The van der Waals surface area contributed by atoms with Gasteiger partial charge in [-0.2, -0.15) is 0 Å². The molecule has 4 rings (SSSR count). The first kappa shape index (κ1) is 22.9. The van der Waals surface area contributed by atoms with Gasteiger partial charge in [-0.05, 0) is 53.4 Å². The van der Waals surface area contributed by atoms with Gasteiger partial charge in [0.2, 0.25) is 0 Å². The van der Waals surface area contributed by atoms with E-state index in [1.54, 1.807) is 0 Å². The van der Waals surface area contributed by atoms with Gasteiger partial charge in [-0.1, -0.05) is 99.6 Å². The molecule has 0 aromatic heterocycles. The molecule has 3 aromatic carbocycles. The van der Waals surface area contributed by atoms with Crippen LogP contribution in [-0.2, 0) is 17.4 Å². The number of nitrogens with one attached hydrogen (secondary N) is 1. The highest BCUT2D eigenvalue weighted by Gasteiger charge is 2.41. The van der Waals surface area contributed by atoms with E-state index in [-0.39, 0.29) is 11.2 Å². The van der Waals surface area contributed by atoms with Crippen molar-refractivity contribution in [3.63, 3.8) is 0 Å². The van der Waals surface area contributed by atoms with Crippen molar-refractivity contribution in [1.82, 2.24) is 0 Å². The van der Waals surface area contributed by atoms with Crippen LogP contribution >= 0.6 is 7.14 Å². The second-order valence-corrected chi connectivity index (χ2v) is 13.7. The van der Waals surface area contributed by atoms with Gasteiger partial charge in [-0.3, -0.25) is 0 Å². The van der Waals surface area contributed by atoms with Crippen LogP contribution in [0.5, 0.6) is 0 Å². The van der Waals surface area contributed by atoms with Crippen molar-refractivity contribution in [2.75, 3.05) is 17.6 Å². The van der Waals surface area contributed by atoms with Gasteiger partial charge < -0.3 is 9.88 Å². The number of anilines is 1. The van der Waals surface area contributed by atoms with E-state index in [4.69, 9.17) is 0 Å². The highest BCUT2D eigenvalue weighted by Crippen LogP contribution is 2.58. The monoisotopic (exact) mass is 445 g/mol. The van der Waals surface area contributed by atoms with E-state index in [0.29, 0.717) is 5.92 Å². The molecule has 1 aliphatic rings. The van der Waals surface area contributed by atoms with Crippen molar-refractivity contribution in [1.29, 1.82) is 0 Å². The molecular weight excluding hydrogens is 409 g/mol. The Kier molecular flexibility index (Phi) is 6.91. The second kappa shape index (κ2) is 9.67. The number of hydrogen-bond donors (Lipinski definition) is 1. The average Bonchev–Trinajstić information content (AvgIpc) is 2.81. The van der Waals surface area contributed by atoms with Crippen molar-refractivity contribution < 1.29 is 4.57 Å². The molecule has 0 fully saturated rings. The smallest absolute Gasteiger partial charge is 0.109 e. The summed E-state index contributed by atoms with van der Waals surface area (Å²) < 4.78 is 14.7. The Bertz CT molecular complexity index is 1010. The Morgan fingerprint density at radius 3 is 1.81 bits per heavy atom. The van der Waals surface area contributed by atoms with Crippen LogP contribution in [0, 0.1) is 5.41 Å². The maximum absolute atomic E-state index is 14.7. The summed E-state index contributed by atoms with van der Waals surface area (Å²) in [5.41, 5.74) is 5.21. The van der Waals surface area contributed by atoms with Crippen LogP contribution in [0.1, 0.15) is 49.8 Å². The fourth-order valence-corrected chi connectivity index (χ4v) is 8.09. The first-order valence-corrected chi connectivity index (χ1v) is 14.0. The van der Waals surface area contributed by atoms with Crippen molar-refractivity contribution in [3.8, 4) is 0 Å². The van der Waals surface area contributed by atoms with Crippen LogP contribution in [0.2, 0.25) is 0 Å². The minimum atomic E-state index is -2.50. The summed E-state index contributed by atoms with van der Waals surface area (Å²) in [5.74, 6) is 0.417. The summed E-state index contributed by atoms with van der Waals surface area (Å²) in [5, 5.41) is 3.75. The minimum absolute atomic E-state index is 0.0223. The second-order valence-electron chi connectivity index (χ2n) is 10.3. The van der Waals surface area contributed by atoms with E-state index in [0.717, 1.165) is 31.6 Å². The molecule has 0 saturated carbocycles. The molecule has 0 saturated heterocycles. The molecule has 1 N–H and O–H groups in total. The third-order valence-electron chi connectivity index (χ3n) is 6.97. The van der Waals surface area contributed by atoms with Crippen LogP contribution in [0.3, 0.4) is 0 Å². The summed E-state index contributed by atoms with van der Waals surface area (Å²) in [4.78, 5) is 0. The normalized spacial score (nSPS) is 18.6. The van der Waals surface area contributed by atoms with Gasteiger partial charge in [0.05, 0.1) is 5.78 Å². The van der Waals surface area contributed by atoms with Crippen LogP contribution in [-0.4, -0.2) is 18.1 Å². The van der Waals surface area contributed by atoms with Gasteiger partial charge >= 0.3 is 0 Å². The van der Waals surface area contributed by atoms with Crippen molar-refractivity contribution in [2.45, 2.75) is 51.7 Å². The number of fused-ring (bicyclic) bond motifs is 1. The van der Waals surface area contributed by atoms with Gasteiger partial charge in [0, 0.05) is 18.0 Å². The number of hydrogen-bond acceptors (Lipinski definition) is 2. The molecule has 1 heterocycles. The molecule has 0 radical (unpaired) electrons. The van der Waals surface area contributed by atoms with Crippen molar-refractivity contribution >= 4 is 12.8 Å². The van der Waals surface area contributed by atoms with E-state index in [2.05, 4.69) is 98.9 Å². The standard InChI is InChI=1S/C29H36NOP/c1-29(2,3)26-22-28(30-27-17-11-10-16-25(26)27)32(31,20-18-23-12-6-4-7-13-23)21-19-24-14-8-5-9-15-24/h4-17,26,28,30H,18-22H2,1-3H3. The summed E-state index contributed by atoms with van der Waals surface area (Å²) >= 11 is 0. The Morgan fingerprint density at radius 1 is 0.781 bits per heavy atom. The number of para-hydroxylation sites is 1. The van der Waals surface area contributed by atoms with E-state index >= 15 is 0 Å². The highest BCUT2D eigenvalue weighted by atomic mass is 31.2. The van der Waals surface area contributed by atoms with E-state index in [1.165, 1.54) is 22.4 Å². The third kappa shape index (κ3) is 5.36. The molecule has 2 unspecified atom stereocenters. The predicted octanol–water partition coefficient (Wildman–Crippen LogP) is 7.81. The average molecular weight is 446 g/mol. The largest absolute Gasteiger partial charge is 0.375 e. The SMILES string of the molecule is CC(C)(C)C1CC(P(=O)(CCc2ccccc2)CCc2ccccc2)Nc2ccccc21. The quantitative estimate of drug-likeness (QED) is 0.376. The zero-order chi connectivity index (χ0) is 22.6. The molecule has 2 nitrogen and oxygen atoms in total. The summed E-state index contributed by atoms with van der Waals surface area (Å²) in [6.07, 6.45) is 4.17. The lowest BCUT2D eigenvalue weighted by atomic mass is 9.73. The molecule has 0 spiro atoms. The lowest BCUT2D eigenvalue weighted by molar-refractivity contribution is 0.299. The highest BCUT2D eigenvalue weighted by molar-refractivity contribution is 7.64. The Balaban J connectivity index is 1.63. The molecule has 0 bridgehead atoms. The first-order chi connectivity index (χ1) is 15.4. The molecule has 0 amide bonds. The fraction of sp³-hybridized carbons (Fsp3) is 0.379. The number of aryl methyl sites for hydroxylation is 2. The van der Waals surface area contributed by atoms with Gasteiger partial charge in [-0.25, -0.2) is 0 Å². The van der Waals surface area contributed by atoms with E-state index < -0.39 is 7.14 Å². The maximum Gasteiger partial charge on any atom is 0.109 e. The molecule has 0 aliphatic carbocycles. The third-order valence-corrected chi connectivity index (χ3v) is 10.4. The Morgan fingerprint density at radius 2 is 1.28 bits per heavy atom. The summed E-state index contributed by atoms with van der Waals surface area (Å²) in [6, 6.07) is 29.7. The van der Waals surface area contributed by atoms with Crippen LogP contribution in [0.15, 0.2) is 84.9 Å². The lowest BCUT2D eigenvalue weighted by Gasteiger charge is -2.43. The van der Waals surface area contributed by atoms with Crippen LogP contribution < -0.4 is 5.32 Å². The Hall–Kier alpha value is -2.31. The molecule has 3 aromatic rings. The zero-order valence-electron chi connectivity index (χ0n) is 19.6. The molecule has 3 heteroatoms.